The van der Waals surface area contributed by atoms with E-state index in [9.17, 15) is 9.18 Å². The molecule has 1 saturated carbocycles. The van der Waals surface area contributed by atoms with Gasteiger partial charge in [-0.25, -0.2) is 4.39 Å². The largest absolute Gasteiger partial charge is 0.481 e. The van der Waals surface area contributed by atoms with E-state index in [1.165, 1.54) is 12.1 Å². The lowest BCUT2D eigenvalue weighted by Crippen LogP contribution is -2.55. The van der Waals surface area contributed by atoms with E-state index < -0.39 is 5.82 Å². The van der Waals surface area contributed by atoms with Crippen molar-refractivity contribution in [1.29, 1.82) is 0 Å². The van der Waals surface area contributed by atoms with Gasteiger partial charge in [-0.2, -0.15) is 0 Å². The summed E-state index contributed by atoms with van der Waals surface area (Å²) in [5.41, 5.74) is 0. The molecule has 1 amide bonds. The number of ether oxygens (including phenoxy) is 2. The molecule has 0 N–H and O–H groups in total. The van der Waals surface area contributed by atoms with Crippen molar-refractivity contribution in [3.8, 4) is 5.75 Å². The maximum absolute atomic E-state index is 13.5. The third kappa shape index (κ3) is 3.18. The third-order valence-corrected chi connectivity index (χ3v) is 4.24. The van der Waals surface area contributed by atoms with Crippen LogP contribution in [0, 0.1) is 5.82 Å². The average Bonchev–Trinajstić information content (AvgIpc) is 2.53. The van der Waals surface area contributed by atoms with Crippen molar-refractivity contribution >= 4 is 5.91 Å². The standard InChI is InChI=1S/C16H20FNO3/c17-12-5-1-3-7-14(12)21-11-16(19)18-9-10-20-15-8-4-2-6-13(15)18/h1,3,5,7,13,15H,2,4,6,8-11H2/t13-,15-/m0/s1. The van der Waals surface area contributed by atoms with Crippen molar-refractivity contribution in [3.05, 3.63) is 30.1 Å². The third-order valence-electron chi connectivity index (χ3n) is 4.24. The second-order valence-corrected chi connectivity index (χ2v) is 5.57. The van der Waals surface area contributed by atoms with Crippen molar-refractivity contribution in [1.82, 2.24) is 4.90 Å². The second kappa shape index (κ2) is 6.43. The minimum atomic E-state index is -0.442. The zero-order chi connectivity index (χ0) is 14.7. The van der Waals surface area contributed by atoms with Crippen LogP contribution >= 0.6 is 0 Å². The van der Waals surface area contributed by atoms with Crippen LogP contribution in [0.5, 0.6) is 5.75 Å². The first-order valence-corrected chi connectivity index (χ1v) is 7.54. The molecule has 3 rings (SSSR count). The lowest BCUT2D eigenvalue weighted by atomic mass is 9.90. The fraction of sp³-hybridized carbons (Fsp3) is 0.562. The van der Waals surface area contributed by atoms with Gasteiger partial charge in [-0.3, -0.25) is 4.79 Å². The highest BCUT2D eigenvalue weighted by Crippen LogP contribution is 2.28. The molecule has 2 atom stereocenters. The summed E-state index contributed by atoms with van der Waals surface area (Å²) in [6.07, 6.45) is 4.45. The Morgan fingerprint density at radius 3 is 3.00 bits per heavy atom. The first kappa shape index (κ1) is 14.3. The van der Waals surface area contributed by atoms with Gasteiger partial charge < -0.3 is 14.4 Å². The topological polar surface area (TPSA) is 38.8 Å². The van der Waals surface area contributed by atoms with Gasteiger partial charge in [0.05, 0.1) is 18.8 Å². The summed E-state index contributed by atoms with van der Waals surface area (Å²) in [5, 5.41) is 0. The van der Waals surface area contributed by atoms with Crippen LogP contribution < -0.4 is 4.74 Å². The van der Waals surface area contributed by atoms with Gasteiger partial charge in [0.15, 0.2) is 18.2 Å². The van der Waals surface area contributed by atoms with E-state index in [2.05, 4.69) is 0 Å². The fourth-order valence-electron chi connectivity index (χ4n) is 3.19. The molecule has 1 aliphatic heterocycles. The lowest BCUT2D eigenvalue weighted by Gasteiger charge is -2.43. The number of rotatable bonds is 3. The van der Waals surface area contributed by atoms with Gasteiger partial charge in [0.1, 0.15) is 0 Å². The predicted molar refractivity (Wildman–Crippen MR) is 75.6 cm³/mol. The Morgan fingerprint density at radius 1 is 1.33 bits per heavy atom. The monoisotopic (exact) mass is 293 g/mol. The summed E-state index contributed by atoms with van der Waals surface area (Å²) in [5.74, 6) is -0.402. The van der Waals surface area contributed by atoms with Crippen molar-refractivity contribution < 1.29 is 18.7 Å². The average molecular weight is 293 g/mol. The van der Waals surface area contributed by atoms with Gasteiger partial charge in [-0.15, -0.1) is 0 Å². The van der Waals surface area contributed by atoms with Crippen molar-refractivity contribution in [3.63, 3.8) is 0 Å². The number of hydrogen-bond donors (Lipinski definition) is 0. The molecule has 0 radical (unpaired) electrons. The number of fused-ring (bicyclic) bond motifs is 1. The number of amides is 1. The number of carbonyl (C=O) groups excluding carboxylic acids is 1. The van der Waals surface area contributed by atoms with E-state index in [-0.39, 0.29) is 30.4 Å². The fourth-order valence-corrected chi connectivity index (χ4v) is 3.19. The van der Waals surface area contributed by atoms with Crippen molar-refractivity contribution in [2.45, 2.75) is 37.8 Å². The Balaban J connectivity index is 1.60. The zero-order valence-corrected chi connectivity index (χ0v) is 12.0. The molecule has 2 aliphatic rings. The Hall–Kier alpha value is -1.62. The van der Waals surface area contributed by atoms with Crippen LogP contribution in [0.2, 0.25) is 0 Å². The first-order chi connectivity index (χ1) is 10.3. The number of halogens is 1. The zero-order valence-electron chi connectivity index (χ0n) is 12.0. The highest BCUT2D eigenvalue weighted by Gasteiger charge is 2.36. The summed E-state index contributed by atoms with van der Waals surface area (Å²) in [7, 11) is 0. The summed E-state index contributed by atoms with van der Waals surface area (Å²) >= 11 is 0. The molecule has 0 spiro atoms. The van der Waals surface area contributed by atoms with Crippen LogP contribution in [-0.4, -0.2) is 42.7 Å². The molecular formula is C16H20FNO3. The lowest BCUT2D eigenvalue weighted by molar-refractivity contribution is -0.151. The molecule has 4 nitrogen and oxygen atoms in total. The molecule has 1 aromatic rings. The highest BCUT2D eigenvalue weighted by molar-refractivity contribution is 5.78. The number of benzene rings is 1. The normalized spacial score (nSPS) is 25.3. The van der Waals surface area contributed by atoms with Gasteiger partial charge in [-0.05, 0) is 25.0 Å². The molecular weight excluding hydrogens is 273 g/mol. The molecule has 0 unspecified atom stereocenters. The number of carbonyl (C=O) groups is 1. The maximum atomic E-state index is 13.5. The minimum Gasteiger partial charge on any atom is -0.481 e. The van der Waals surface area contributed by atoms with E-state index in [0.717, 1.165) is 25.7 Å². The van der Waals surface area contributed by atoms with Crippen molar-refractivity contribution in [2.75, 3.05) is 19.8 Å². The predicted octanol–water partition coefficient (Wildman–Crippen LogP) is 2.37. The van der Waals surface area contributed by atoms with Gasteiger partial charge in [0.2, 0.25) is 0 Å². The Morgan fingerprint density at radius 2 is 2.14 bits per heavy atom. The molecule has 0 bridgehead atoms. The smallest absolute Gasteiger partial charge is 0.260 e. The van der Waals surface area contributed by atoms with Crippen molar-refractivity contribution in [2.24, 2.45) is 0 Å². The molecule has 1 aromatic carbocycles. The summed E-state index contributed by atoms with van der Waals surface area (Å²) in [6, 6.07) is 6.30. The Bertz CT molecular complexity index is 506. The molecule has 2 fully saturated rings. The van der Waals surface area contributed by atoms with Crippen LogP contribution in [0.25, 0.3) is 0 Å². The molecule has 1 aliphatic carbocycles. The molecule has 1 saturated heterocycles. The summed E-state index contributed by atoms with van der Waals surface area (Å²) in [4.78, 5) is 14.2. The molecule has 1 heterocycles. The number of hydrogen-bond acceptors (Lipinski definition) is 3. The van der Waals surface area contributed by atoms with Crippen LogP contribution in [0.4, 0.5) is 4.39 Å². The van der Waals surface area contributed by atoms with Gasteiger partial charge in [0.25, 0.3) is 5.91 Å². The Labute approximate surface area is 123 Å². The quantitative estimate of drug-likeness (QED) is 0.859. The summed E-state index contributed by atoms with van der Waals surface area (Å²) < 4.78 is 24.6. The van der Waals surface area contributed by atoms with Gasteiger partial charge in [-0.1, -0.05) is 25.0 Å². The minimum absolute atomic E-state index is 0.0848. The molecule has 21 heavy (non-hydrogen) atoms. The van der Waals surface area contributed by atoms with Gasteiger partial charge in [0, 0.05) is 6.54 Å². The van der Waals surface area contributed by atoms with E-state index in [4.69, 9.17) is 9.47 Å². The van der Waals surface area contributed by atoms with Gasteiger partial charge >= 0.3 is 0 Å². The SMILES string of the molecule is O=C(COc1ccccc1F)N1CCO[C@H]2CCCC[C@@H]21. The first-order valence-electron chi connectivity index (χ1n) is 7.54. The molecule has 0 aromatic heterocycles. The molecule has 5 heteroatoms. The van der Waals surface area contributed by atoms with E-state index in [1.807, 2.05) is 4.90 Å². The van der Waals surface area contributed by atoms with E-state index >= 15 is 0 Å². The summed E-state index contributed by atoms with van der Waals surface area (Å²) in [6.45, 7) is 1.05. The number of nitrogens with zero attached hydrogens (tertiary/aromatic N) is 1. The second-order valence-electron chi connectivity index (χ2n) is 5.57. The van der Waals surface area contributed by atoms with Crippen LogP contribution in [0.1, 0.15) is 25.7 Å². The van der Waals surface area contributed by atoms with Crippen LogP contribution in [0.15, 0.2) is 24.3 Å². The number of para-hydroxylation sites is 1. The van der Waals surface area contributed by atoms with Crippen LogP contribution in [-0.2, 0) is 9.53 Å². The van der Waals surface area contributed by atoms with Crippen LogP contribution in [0.3, 0.4) is 0 Å². The Kier molecular flexibility index (Phi) is 4.39. The maximum Gasteiger partial charge on any atom is 0.260 e. The molecule has 114 valence electrons. The highest BCUT2D eigenvalue weighted by atomic mass is 19.1. The van der Waals surface area contributed by atoms with E-state index in [0.29, 0.717) is 13.2 Å². The number of morpholine rings is 1. The van der Waals surface area contributed by atoms with E-state index in [1.54, 1.807) is 12.1 Å².